The molecule has 2 amide bonds. The second kappa shape index (κ2) is 11.5. The molecule has 0 saturated carbocycles. The van der Waals surface area contributed by atoms with Gasteiger partial charge in [0, 0.05) is 63.2 Å². The van der Waals surface area contributed by atoms with Gasteiger partial charge in [-0.3, -0.25) is 9.59 Å². The highest BCUT2D eigenvalue weighted by Gasteiger charge is 2.27. The number of hydrogen-bond acceptors (Lipinski definition) is 7. The fraction of sp³-hybridized carbons (Fsp3) is 0.393. The first-order valence-corrected chi connectivity index (χ1v) is 13.3. The summed E-state index contributed by atoms with van der Waals surface area (Å²) in [6.07, 6.45) is 6.88. The normalized spacial score (nSPS) is 15.1. The van der Waals surface area contributed by atoms with E-state index in [2.05, 4.69) is 30.2 Å². The number of nitrogens with one attached hydrogen (secondary N) is 2. The summed E-state index contributed by atoms with van der Waals surface area (Å²) < 4.78 is 9.37. The maximum Gasteiger partial charge on any atom is 0.256 e. The van der Waals surface area contributed by atoms with Crippen molar-refractivity contribution in [3.8, 4) is 17.0 Å². The molecule has 1 aromatic carbocycles. The Morgan fingerprint density at radius 3 is 2.74 bits per heavy atom. The number of imidazole rings is 1. The molecule has 1 saturated heterocycles. The predicted molar refractivity (Wildman–Crippen MR) is 148 cm³/mol. The second-order valence-electron chi connectivity index (χ2n) is 9.66. The van der Waals surface area contributed by atoms with E-state index >= 15 is 0 Å². The molecule has 0 radical (unpaired) electrons. The molecule has 1 fully saturated rings. The first-order valence-electron chi connectivity index (χ1n) is 13.3. The molecule has 1 aliphatic heterocycles. The van der Waals surface area contributed by atoms with Crippen LogP contribution in [0, 0.1) is 6.92 Å². The minimum Gasteiger partial charge on any atom is -0.494 e. The van der Waals surface area contributed by atoms with Crippen LogP contribution in [-0.4, -0.2) is 68.2 Å². The minimum absolute atomic E-state index is 0.0435. The van der Waals surface area contributed by atoms with Gasteiger partial charge < -0.3 is 24.8 Å². The number of benzene rings is 1. The van der Waals surface area contributed by atoms with E-state index in [-0.39, 0.29) is 17.9 Å². The van der Waals surface area contributed by atoms with Gasteiger partial charge in [-0.2, -0.15) is 9.61 Å². The zero-order chi connectivity index (χ0) is 27.4. The number of anilines is 1. The summed E-state index contributed by atoms with van der Waals surface area (Å²) in [6, 6.07) is 9.80. The number of ether oxygens (including phenoxy) is 1. The molecule has 11 heteroatoms. The molecule has 5 rings (SSSR count). The number of carbonyl (C=O) groups excluding carboxylic acids is 2. The van der Waals surface area contributed by atoms with E-state index < -0.39 is 0 Å². The van der Waals surface area contributed by atoms with Crippen molar-refractivity contribution in [3.63, 3.8) is 0 Å². The van der Waals surface area contributed by atoms with Gasteiger partial charge in [-0.1, -0.05) is 0 Å². The van der Waals surface area contributed by atoms with Gasteiger partial charge in [-0.25, -0.2) is 9.97 Å². The van der Waals surface area contributed by atoms with Crippen molar-refractivity contribution in [3.05, 3.63) is 60.3 Å². The average molecular weight is 531 g/mol. The molecule has 0 bridgehead atoms. The van der Waals surface area contributed by atoms with Crippen LogP contribution in [0.4, 0.5) is 5.82 Å². The number of fused-ring (bicyclic) bond motifs is 1. The molecule has 1 atom stereocenters. The molecule has 0 spiro atoms. The Hall–Kier alpha value is -4.41. The fourth-order valence-electron chi connectivity index (χ4n) is 4.93. The van der Waals surface area contributed by atoms with Gasteiger partial charge in [0.15, 0.2) is 5.65 Å². The molecular weight excluding hydrogens is 496 g/mol. The third kappa shape index (κ3) is 5.87. The second-order valence-corrected chi connectivity index (χ2v) is 9.66. The molecule has 4 aromatic rings. The Labute approximate surface area is 227 Å². The molecule has 0 aliphatic carbocycles. The van der Waals surface area contributed by atoms with Crippen LogP contribution in [-0.2, 0) is 11.3 Å². The van der Waals surface area contributed by atoms with Crippen LogP contribution in [0.5, 0.6) is 5.75 Å². The number of amides is 2. The van der Waals surface area contributed by atoms with Crippen LogP contribution >= 0.6 is 0 Å². The van der Waals surface area contributed by atoms with Gasteiger partial charge in [-0.05, 0) is 51.0 Å². The van der Waals surface area contributed by atoms with Crippen molar-refractivity contribution in [2.24, 2.45) is 0 Å². The predicted octanol–water partition coefficient (Wildman–Crippen LogP) is 2.83. The SMILES string of the molecule is CCOc1ccc(-c2cc(N3CC[C@H](NC(C)=O)C3)n3ncc(C(=O)NCCCn4ccnc4C)c3n2)cc1. The van der Waals surface area contributed by atoms with Gasteiger partial charge in [-0.15, -0.1) is 0 Å². The van der Waals surface area contributed by atoms with Gasteiger partial charge in [0.05, 0.1) is 18.5 Å². The van der Waals surface area contributed by atoms with E-state index in [0.29, 0.717) is 30.9 Å². The summed E-state index contributed by atoms with van der Waals surface area (Å²) in [5.41, 5.74) is 2.54. The molecule has 4 heterocycles. The molecule has 204 valence electrons. The largest absolute Gasteiger partial charge is 0.494 e. The van der Waals surface area contributed by atoms with Gasteiger partial charge >= 0.3 is 0 Å². The molecule has 39 heavy (non-hydrogen) atoms. The maximum atomic E-state index is 13.2. The highest BCUT2D eigenvalue weighted by molar-refractivity contribution is 6.00. The molecule has 2 N–H and O–H groups in total. The summed E-state index contributed by atoms with van der Waals surface area (Å²) in [5.74, 6) is 2.30. The van der Waals surface area contributed by atoms with Crippen molar-refractivity contribution in [1.82, 2.24) is 34.8 Å². The lowest BCUT2D eigenvalue weighted by atomic mass is 10.1. The van der Waals surface area contributed by atoms with Gasteiger partial charge in [0.1, 0.15) is 23.0 Å². The number of aromatic nitrogens is 5. The number of nitrogens with zero attached hydrogens (tertiary/aromatic N) is 6. The maximum absolute atomic E-state index is 13.2. The number of carbonyl (C=O) groups is 2. The first-order chi connectivity index (χ1) is 18.9. The average Bonchev–Trinajstić information content (AvgIpc) is 3.66. The molecule has 0 unspecified atom stereocenters. The molecular formula is C28H34N8O3. The third-order valence-electron chi connectivity index (χ3n) is 6.86. The van der Waals surface area contributed by atoms with Crippen LogP contribution in [0.25, 0.3) is 16.9 Å². The van der Waals surface area contributed by atoms with Crippen LogP contribution in [0.2, 0.25) is 0 Å². The Bertz CT molecular complexity index is 1460. The number of aryl methyl sites for hydroxylation is 2. The van der Waals surface area contributed by atoms with E-state index in [1.807, 2.05) is 50.4 Å². The zero-order valence-corrected chi connectivity index (χ0v) is 22.6. The van der Waals surface area contributed by atoms with E-state index in [1.165, 1.54) is 6.92 Å². The molecule has 3 aromatic heterocycles. The van der Waals surface area contributed by atoms with E-state index in [9.17, 15) is 9.59 Å². The lowest BCUT2D eigenvalue weighted by Crippen LogP contribution is -2.36. The van der Waals surface area contributed by atoms with Crippen LogP contribution in [0.3, 0.4) is 0 Å². The quantitative estimate of drug-likeness (QED) is 0.303. The zero-order valence-electron chi connectivity index (χ0n) is 22.6. The lowest BCUT2D eigenvalue weighted by Gasteiger charge is -2.20. The lowest BCUT2D eigenvalue weighted by molar-refractivity contribution is -0.119. The smallest absolute Gasteiger partial charge is 0.256 e. The highest BCUT2D eigenvalue weighted by Crippen LogP contribution is 2.29. The summed E-state index contributed by atoms with van der Waals surface area (Å²) in [5, 5.41) is 10.6. The summed E-state index contributed by atoms with van der Waals surface area (Å²) >= 11 is 0. The van der Waals surface area contributed by atoms with Crippen LogP contribution < -0.4 is 20.3 Å². The minimum atomic E-state index is -0.216. The Balaban J connectivity index is 1.42. The van der Waals surface area contributed by atoms with Crippen molar-refractivity contribution in [2.45, 2.75) is 46.2 Å². The van der Waals surface area contributed by atoms with Crippen molar-refractivity contribution < 1.29 is 14.3 Å². The fourth-order valence-corrected chi connectivity index (χ4v) is 4.93. The van der Waals surface area contributed by atoms with Crippen molar-refractivity contribution in [2.75, 3.05) is 31.1 Å². The topological polar surface area (TPSA) is 119 Å². The van der Waals surface area contributed by atoms with Crippen molar-refractivity contribution in [1.29, 1.82) is 0 Å². The molecule has 11 nitrogen and oxygen atoms in total. The summed E-state index contributed by atoms with van der Waals surface area (Å²) in [7, 11) is 0. The van der Waals surface area contributed by atoms with Crippen LogP contribution in [0.15, 0.2) is 48.9 Å². The van der Waals surface area contributed by atoms with E-state index in [0.717, 1.165) is 54.6 Å². The number of hydrogen-bond donors (Lipinski definition) is 2. The summed E-state index contributed by atoms with van der Waals surface area (Å²) in [4.78, 5) is 36.1. The van der Waals surface area contributed by atoms with E-state index in [4.69, 9.17) is 9.72 Å². The Kier molecular flexibility index (Phi) is 7.76. The van der Waals surface area contributed by atoms with Crippen LogP contribution in [0.1, 0.15) is 42.9 Å². The summed E-state index contributed by atoms with van der Waals surface area (Å²) in [6.45, 7) is 8.73. The standard InChI is InChI=1S/C28H34N8O3/c1-4-39-23-8-6-21(7-9-23)25-16-26(35-14-10-22(18-35)32-20(3)37)36-27(33-25)24(17-31-36)28(38)30-11-5-13-34-15-12-29-19(34)2/h6-9,12,15-17,22H,4-5,10-11,13-14,18H2,1-3H3,(H,30,38)(H,32,37)/t22-/m0/s1. The monoisotopic (exact) mass is 530 g/mol. The number of rotatable bonds is 10. The third-order valence-corrected chi connectivity index (χ3v) is 6.86. The first kappa shape index (κ1) is 26.2. The van der Waals surface area contributed by atoms with Crippen molar-refractivity contribution >= 4 is 23.3 Å². The molecule has 1 aliphatic rings. The van der Waals surface area contributed by atoms with Gasteiger partial charge in [0.25, 0.3) is 5.91 Å². The van der Waals surface area contributed by atoms with E-state index in [1.54, 1.807) is 16.9 Å². The Morgan fingerprint density at radius 1 is 1.21 bits per heavy atom. The Morgan fingerprint density at radius 2 is 2.03 bits per heavy atom. The van der Waals surface area contributed by atoms with Gasteiger partial charge in [0.2, 0.25) is 5.91 Å². The highest BCUT2D eigenvalue weighted by atomic mass is 16.5.